The Morgan fingerprint density at radius 2 is 1.87 bits per heavy atom. The molecule has 0 unspecified atom stereocenters. The summed E-state index contributed by atoms with van der Waals surface area (Å²) in [4.78, 5) is 21.6. The highest BCUT2D eigenvalue weighted by Gasteiger charge is 2.18. The molecule has 3 aromatic rings. The van der Waals surface area contributed by atoms with E-state index in [-0.39, 0.29) is 11.6 Å². The van der Waals surface area contributed by atoms with Crippen molar-refractivity contribution in [3.05, 3.63) is 92.6 Å². The average Bonchev–Trinajstić information content (AvgIpc) is 3.26. The number of halogens is 1. The fourth-order valence-corrected chi connectivity index (χ4v) is 4.24. The first-order valence-electron chi connectivity index (χ1n) is 10.5. The maximum absolute atomic E-state index is 11.9. The Bertz CT molecular complexity index is 1040. The number of rotatable bonds is 7. The van der Waals surface area contributed by atoms with Crippen LogP contribution in [0.25, 0.3) is 0 Å². The molecule has 30 heavy (non-hydrogen) atoms. The number of para-hydroxylation sites is 1. The normalized spacial score (nSPS) is 14.8. The van der Waals surface area contributed by atoms with Crippen molar-refractivity contribution >= 4 is 17.3 Å². The zero-order valence-electron chi connectivity index (χ0n) is 17.2. The molecule has 0 amide bonds. The van der Waals surface area contributed by atoms with E-state index < -0.39 is 0 Å². The highest BCUT2D eigenvalue weighted by molar-refractivity contribution is 6.30. The van der Waals surface area contributed by atoms with Gasteiger partial charge in [0.05, 0.1) is 0 Å². The lowest BCUT2D eigenvalue weighted by Gasteiger charge is -2.24. The summed E-state index contributed by atoms with van der Waals surface area (Å²) in [5.74, 6) is 0.631. The van der Waals surface area contributed by atoms with Gasteiger partial charge in [0.25, 0.3) is 5.56 Å². The zero-order valence-corrected chi connectivity index (χ0v) is 18.0. The van der Waals surface area contributed by atoms with Crippen LogP contribution in [0.15, 0.2) is 59.4 Å². The van der Waals surface area contributed by atoms with E-state index in [1.54, 1.807) is 6.07 Å². The van der Waals surface area contributed by atoms with Crippen molar-refractivity contribution in [2.45, 2.75) is 38.8 Å². The van der Waals surface area contributed by atoms with Crippen LogP contribution >= 0.6 is 11.6 Å². The highest BCUT2D eigenvalue weighted by Crippen LogP contribution is 2.26. The molecule has 1 aliphatic heterocycles. The second-order valence-corrected chi connectivity index (χ2v) is 8.27. The van der Waals surface area contributed by atoms with E-state index in [0.717, 1.165) is 30.9 Å². The SMILES string of the molecule is Cc1nc(C[C@H](NCc2ccccc2N2CCCC2)c2ccc(Cl)cc2)cc(=O)[nH]1. The summed E-state index contributed by atoms with van der Waals surface area (Å²) in [6.45, 7) is 4.78. The summed E-state index contributed by atoms with van der Waals surface area (Å²) >= 11 is 6.10. The smallest absolute Gasteiger partial charge is 0.251 e. The summed E-state index contributed by atoms with van der Waals surface area (Å²) in [5.41, 5.74) is 4.37. The molecule has 1 fully saturated rings. The highest BCUT2D eigenvalue weighted by atomic mass is 35.5. The van der Waals surface area contributed by atoms with Gasteiger partial charge in [-0.15, -0.1) is 0 Å². The minimum atomic E-state index is -0.119. The number of hydrogen-bond acceptors (Lipinski definition) is 4. The Morgan fingerprint density at radius 1 is 1.13 bits per heavy atom. The first kappa shape index (κ1) is 20.6. The van der Waals surface area contributed by atoms with Crippen LogP contribution in [0.4, 0.5) is 5.69 Å². The molecule has 156 valence electrons. The molecule has 5 nitrogen and oxygen atoms in total. The standard InChI is InChI=1S/C24H27ClN4O/c1-17-27-21(15-24(30)28-17)14-22(18-8-10-20(25)11-9-18)26-16-19-6-2-3-7-23(19)29-12-4-5-13-29/h2-3,6-11,15,22,26H,4-5,12-14,16H2,1H3,(H,27,28,30)/t22-/m0/s1. The molecule has 2 heterocycles. The molecule has 0 spiro atoms. The second-order valence-electron chi connectivity index (χ2n) is 7.83. The topological polar surface area (TPSA) is 61.0 Å². The van der Waals surface area contributed by atoms with Gasteiger partial charge in [-0.25, -0.2) is 4.98 Å². The number of nitrogens with zero attached hydrogens (tertiary/aromatic N) is 2. The number of nitrogens with one attached hydrogen (secondary N) is 2. The van der Waals surface area contributed by atoms with E-state index in [0.29, 0.717) is 17.3 Å². The number of H-pyrrole nitrogens is 1. The Morgan fingerprint density at radius 3 is 2.60 bits per heavy atom. The fraction of sp³-hybridized carbons (Fsp3) is 0.333. The Balaban J connectivity index is 1.57. The van der Waals surface area contributed by atoms with Gasteiger partial charge in [-0.2, -0.15) is 0 Å². The molecule has 2 N–H and O–H groups in total. The van der Waals surface area contributed by atoms with Crippen LogP contribution in [0.5, 0.6) is 0 Å². The van der Waals surface area contributed by atoms with Gasteiger partial charge >= 0.3 is 0 Å². The van der Waals surface area contributed by atoms with E-state index in [4.69, 9.17) is 11.6 Å². The van der Waals surface area contributed by atoms with Crippen molar-refractivity contribution in [1.29, 1.82) is 0 Å². The molecule has 0 radical (unpaired) electrons. The largest absolute Gasteiger partial charge is 0.371 e. The maximum Gasteiger partial charge on any atom is 0.251 e. The van der Waals surface area contributed by atoms with Gasteiger partial charge in [0, 0.05) is 54.6 Å². The summed E-state index contributed by atoms with van der Waals surface area (Å²) in [6.07, 6.45) is 3.13. The summed E-state index contributed by atoms with van der Waals surface area (Å²) in [6, 6.07) is 18.1. The van der Waals surface area contributed by atoms with Crippen LogP contribution in [0.2, 0.25) is 5.02 Å². The molecule has 2 aromatic carbocycles. The number of aromatic nitrogens is 2. The Hall–Kier alpha value is -2.63. The lowest BCUT2D eigenvalue weighted by molar-refractivity contribution is 0.524. The van der Waals surface area contributed by atoms with Crippen LogP contribution in [-0.4, -0.2) is 23.1 Å². The molecule has 0 bridgehead atoms. The summed E-state index contributed by atoms with van der Waals surface area (Å²) in [7, 11) is 0. The monoisotopic (exact) mass is 422 g/mol. The first-order chi connectivity index (χ1) is 14.6. The molecule has 1 saturated heterocycles. The van der Waals surface area contributed by atoms with Crippen LogP contribution in [0, 0.1) is 6.92 Å². The molecular weight excluding hydrogens is 396 g/mol. The van der Waals surface area contributed by atoms with Gasteiger partial charge in [-0.3, -0.25) is 4.79 Å². The van der Waals surface area contributed by atoms with Gasteiger partial charge in [0.2, 0.25) is 0 Å². The quantitative estimate of drug-likeness (QED) is 0.592. The predicted molar refractivity (Wildman–Crippen MR) is 122 cm³/mol. The van der Waals surface area contributed by atoms with Crippen molar-refractivity contribution in [3.8, 4) is 0 Å². The Labute approximate surface area is 182 Å². The van der Waals surface area contributed by atoms with Crippen molar-refractivity contribution in [2.75, 3.05) is 18.0 Å². The predicted octanol–water partition coefficient (Wildman–Crippen LogP) is 4.41. The van der Waals surface area contributed by atoms with Crippen molar-refractivity contribution in [2.24, 2.45) is 0 Å². The van der Waals surface area contributed by atoms with Crippen LogP contribution in [0.1, 0.15) is 41.5 Å². The van der Waals surface area contributed by atoms with Crippen molar-refractivity contribution in [3.63, 3.8) is 0 Å². The second kappa shape index (κ2) is 9.45. The molecular formula is C24H27ClN4O. The van der Waals surface area contributed by atoms with E-state index in [2.05, 4.69) is 44.5 Å². The summed E-state index contributed by atoms with van der Waals surface area (Å²) in [5, 5.41) is 4.41. The van der Waals surface area contributed by atoms with Gasteiger partial charge in [-0.05, 0) is 49.1 Å². The van der Waals surface area contributed by atoms with E-state index >= 15 is 0 Å². The molecule has 1 aliphatic rings. The number of hydrogen-bond donors (Lipinski definition) is 2. The van der Waals surface area contributed by atoms with Crippen LogP contribution < -0.4 is 15.8 Å². The molecule has 0 aliphatic carbocycles. The average molecular weight is 423 g/mol. The third-order valence-electron chi connectivity index (χ3n) is 5.58. The number of benzene rings is 2. The molecule has 6 heteroatoms. The summed E-state index contributed by atoms with van der Waals surface area (Å²) < 4.78 is 0. The van der Waals surface area contributed by atoms with Crippen LogP contribution in [0.3, 0.4) is 0 Å². The van der Waals surface area contributed by atoms with Crippen molar-refractivity contribution < 1.29 is 0 Å². The van der Waals surface area contributed by atoms with E-state index in [1.807, 2.05) is 31.2 Å². The van der Waals surface area contributed by atoms with Gasteiger partial charge in [-0.1, -0.05) is 41.9 Å². The minimum Gasteiger partial charge on any atom is -0.371 e. The molecule has 1 atom stereocenters. The zero-order chi connectivity index (χ0) is 20.9. The lowest BCUT2D eigenvalue weighted by atomic mass is 10.0. The first-order valence-corrected chi connectivity index (χ1v) is 10.8. The van der Waals surface area contributed by atoms with Gasteiger partial charge < -0.3 is 15.2 Å². The number of anilines is 1. The van der Waals surface area contributed by atoms with E-state index in [1.165, 1.54) is 24.1 Å². The van der Waals surface area contributed by atoms with Crippen molar-refractivity contribution in [1.82, 2.24) is 15.3 Å². The lowest BCUT2D eigenvalue weighted by Crippen LogP contribution is -2.26. The fourth-order valence-electron chi connectivity index (χ4n) is 4.12. The van der Waals surface area contributed by atoms with Gasteiger partial charge in [0.15, 0.2) is 0 Å². The van der Waals surface area contributed by atoms with Crippen LogP contribution in [-0.2, 0) is 13.0 Å². The minimum absolute atomic E-state index is 0.0163. The van der Waals surface area contributed by atoms with Gasteiger partial charge in [0.1, 0.15) is 5.82 Å². The maximum atomic E-state index is 11.9. The molecule has 4 rings (SSSR count). The number of aryl methyl sites for hydroxylation is 1. The third kappa shape index (κ3) is 5.10. The molecule has 0 saturated carbocycles. The van der Waals surface area contributed by atoms with E-state index in [9.17, 15) is 4.79 Å². The Kier molecular flexibility index (Phi) is 6.50. The molecule has 1 aromatic heterocycles. The number of aromatic amines is 1. The third-order valence-corrected chi connectivity index (χ3v) is 5.83.